The van der Waals surface area contributed by atoms with Gasteiger partial charge in [-0.05, 0) is 37.6 Å². The number of carbonyl (C=O) groups excluding carboxylic acids is 3. The van der Waals surface area contributed by atoms with Gasteiger partial charge >= 0.3 is 12.0 Å². The second kappa shape index (κ2) is 8.64. The number of halogens is 1. The highest BCUT2D eigenvalue weighted by molar-refractivity contribution is 6.08. The molecule has 3 amide bonds. The molecule has 0 unspecified atom stereocenters. The molecule has 1 N–H and O–H groups in total. The first-order chi connectivity index (χ1) is 12.4. The Morgan fingerprint density at radius 1 is 1.23 bits per heavy atom. The number of imide groups is 1. The maximum Gasteiger partial charge on any atom is 0.326 e. The lowest BCUT2D eigenvalue weighted by Crippen LogP contribution is -2.44. The SMILES string of the molecule is CCCC[C@@]1(C)NC(=O)N(CC(=O)OCCOc2ccc(F)cc2)C1=O. The van der Waals surface area contributed by atoms with Gasteiger partial charge in [-0.2, -0.15) is 0 Å². The fraction of sp³-hybridized carbons (Fsp3) is 0.500. The number of carbonyl (C=O) groups is 3. The van der Waals surface area contributed by atoms with Crippen molar-refractivity contribution in [3.8, 4) is 5.75 Å². The minimum Gasteiger partial charge on any atom is -0.490 e. The molecule has 2 rings (SSSR count). The number of amides is 3. The van der Waals surface area contributed by atoms with Gasteiger partial charge in [-0.15, -0.1) is 0 Å². The summed E-state index contributed by atoms with van der Waals surface area (Å²) in [5, 5.41) is 2.64. The molecule has 1 aromatic carbocycles. The molecular weight excluding hydrogens is 343 g/mol. The molecule has 0 saturated carbocycles. The van der Waals surface area contributed by atoms with Gasteiger partial charge in [0.25, 0.3) is 5.91 Å². The number of unbranched alkanes of at least 4 members (excludes halogenated alkanes) is 1. The molecule has 142 valence electrons. The molecule has 1 fully saturated rings. The van der Waals surface area contributed by atoms with Gasteiger partial charge in [0.15, 0.2) is 0 Å². The maximum atomic E-state index is 12.8. The van der Waals surface area contributed by atoms with Crippen LogP contribution in [0, 0.1) is 5.82 Å². The van der Waals surface area contributed by atoms with Crippen LogP contribution in [0.4, 0.5) is 9.18 Å². The maximum absolute atomic E-state index is 12.8. The van der Waals surface area contributed by atoms with E-state index in [1.54, 1.807) is 6.92 Å². The standard InChI is InChI=1S/C18H23FN2O5/c1-3-4-9-18(2)16(23)21(17(24)20-18)12-15(22)26-11-10-25-14-7-5-13(19)6-8-14/h5-8H,3-4,9-12H2,1-2H3,(H,20,24)/t18-/m1/s1. The molecule has 1 saturated heterocycles. The second-order valence-electron chi connectivity index (χ2n) is 6.28. The van der Waals surface area contributed by atoms with Crippen LogP contribution in [0.5, 0.6) is 5.75 Å². The van der Waals surface area contributed by atoms with Gasteiger partial charge in [-0.3, -0.25) is 14.5 Å². The number of benzene rings is 1. The third kappa shape index (κ3) is 4.93. The minimum absolute atomic E-state index is 0.0486. The Labute approximate surface area is 151 Å². The molecule has 1 aliphatic rings. The van der Waals surface area contributed by atoms with Crippen LogP contribution >= 0.6 is 0 Å². The molecule has 0 aromatic heterocycles. The Balaban J connectivity index is 1.75. The number of hydrogen-bond acceptors (Lipinski definition) is 5. The minimum atomic E-state index is -0.973. The summed E-state index contributed by atoms with van der Waals surface area (Å²) in [6.45, 7) is 3.24. The van der Waals surface area contributed by atoms with Crippen molar-refractivity contribution in [1.29, 1.82) is 0 Å². The first-order valence-corrected chi connectivity index (χ1v) is 8.54. The fourth-order valence-corrected chi connectivity index (χ4v) is 2.61. The summed E-state index contributed by atoms with van der Waals surface area (Å²) in [5.74, 6) is -1.04. The number of nitrogens with one attached hydrogen (secondary N) is 1. The van der Waals surface area contributed by atoms with Crippen LogP contribution in [0.25, 0.3) is 0 Å². The molecule has 8 heteroatoms. The molecule has 0 bridgehead atoms. The number of rotatable bonds is 9. The molecule has 0 aliphatic carbocycles. The number of ether oxygens (including phenoxy) is 2. The summed E-state index contributed by atoms with van der Waals surface area (Å²) in [6, 6.07) is 4.85. The van der Waals surface area contributed by atoms with Crippen LogP contribution in [0.15, 0.2) is 24.3 Å². The molecule has 0 radical (unpaired) electrons. The van der Waals surface area contributed by atoms with E-state index in [4.69, 9.17) is 9.47 Å². The zero-order chi connectivity index (χ0) is 19.2. The Bertz CT molecular complexity index is 664. The summed E-state index contributed by atoms with van der Waals surface area (Å²) < 4.78 is 23.1. The van der Waals surface area contributed by atoms with Gasteiger partial charge in [0.2, 0.25) is 0 Å². The van der Waals surface area contributed by atoms with Crippen LogP contribution in [-0.4, -0.2) is 48.1 Å². The van der Waals surface area contributed by atoms with E-state index in [1.807, 2.05) is 6.92 Å². The number of nitrogens with zero attached hydrogens (tertiary/aromatic N) is 1. The van der Waals surface area contributed by atoms with Crippen molar-refractivity contribution in [3.63, 3.8) is 0 Å². The first-order valence-electron chi connectivity index (χ1n) is 8.54. The lowest BCUT2D eigenvalue weighted by molar-refractivity contribution is -0.148. The largest absolute Gasteiger partial charge is 0.490 e. The molecule has 1 aliphatic heterocycles. The van der Waals surface area contributed by atoms with Crippen LogP contribution in [0.2, 0.25) is 0 Å². The molecule has 1 heterocycles. The van der Waals surface area contributed by atoms with Gasteiger partial charge in [-0.1, -0.05) is 19.8 Å². The van der Waals surface area contributed by atoms with E-state index in [0.717, 1.165) is 17.7 Å². The van der Waals surface area contributed by atoms with Crippen molar-refractivity contribution in [1.82, 2.24) is 10.2 Å². The lowest BCUT2D eigenvalue weighted by atomic mass is 9.95. The van der Waals surface area contributed by atoms with Crippen LogP contribution in [0.3, 0.4) is 0 Å². The molecule has 1 atom stereocenters. The lowest BCUT2D eigenvalue weighted by Gasteiger charge is -2.21. The van der Waals surface area contributed by atoms with Crippen molar-refractivity contribution < 1.29 is 28.2 Å². The summed E-state index contributed by atoms with van der Waals surface area (Å²) in [7, 11) is 0. The van der Waals surface area contributed by atoms with Crippen molar-refractivity contribution in [2.75, 3.05) is 19.8 Å². The molecule has 0 spiro atoms. The van der Waals surface area contributed by atoms with E-state index in [-0.39, 0.29) is 19.0 Å². The predicted octanol–water partition coefficient (Wildman–Crippen LogP) is 2.25. The highest BCUT2D eigenvalue weighted by Crippen LogP contribution is 2.23. The summed E-state index contributed by atoms with van der Waals surface area (Å²) >= 11 is 0. The Hall–Kier alpha value is -2.64. The number of hydrogen-bond donors (Lipinski definition) is 1. The highest BCUT2D eigenvalue weighted by Gasteiger charge is 2.47. The second-order valence-corrected chi connectivity index (χ2v) is 6.28. The van der Waals surface area contributed by atoms with Crippen molar-refractivity contribution >= 4 is 17.9 Å². The van der Waals surface area contributed by atoms with Gasteiger partial charge in [0, 0.05) is 0 Å². The van der Waals surface area contributed by atoms with Gasteiger partial charge < -0.3 is 14.8 Å². The average Bonchev–Trinajstić information content (AvgIpc) is 2.82. The van der Waals surface area contributed by atoms with Crippen molar-refractivity contribution in [2.24, 2.45) is 0 Å². The van der Waals surface area contributed by atoms with Crippen LogP contribution < -0.4 is 10.1 Å². The summed E-state index contributed by atoms with van der Waals surface area (Å²) in [5.41, 5.74) is -0.973. The number of urea groups is 1. The summed E-state index contributed by atoms with van der Waals surface area (Å²) in [6.07, 6.45) is 2.21. The fourth-order valence-electron chi connectivity index (χ4n) is 2.61. The van der Waals surface area contributed by atoms with Crippen molar-refractivity contribution in [3.05, 3.63) is 30.1 Å². The number of esters is 1. The van der Waals surface area contributed by atoms with E-state index < -0.39 is 30.0 Å². The van der Waals surface area contributed by atoms with Gasteiger partial charge in [0.05, 0.1) is 0 Å². The van der Waals surface area contributed by atoms with Crippen molar-refractivity contribution in [2.45, 2.75) is 38.6 Å². The molecule has 1 aromatic rings. The van der Waals surface area contributed by atoms with E-state index in [2.05, 4.69) is 5.32 Å². The third-order valence-electron chi connectivity index (χ3n) is 4.09. The monoisotopic (exact) mass is 366 g/mol. The van der Waals surface area contributed by atoms with E-state index in [0.29, 0.717) is 12.2 Å². The predicted molar refractivity (Wildman–Crippen MR) is 91.0 cm³/mol. The highest BCUT2D eigenvalue weighted by atomic mass is 19.1. The average molecular weight is 366 g/mol. The summed E-state index contributed by atoms with van der Waals surface area (Å²) in [4.78, 5) is 37.1. The smallest absolute Gasteiger partial charge is 0.326 e. The quantitative estimate of drug-likeness (QED) is 0.412. The normalized spacial score (nSPS) is 19.4. The van der Waals surface area contributed by atoms with Crippen LogP contribution in [0.1, 0.15) is 33.1 Å². The van der Waals surface area contributed by atoms with Gasteiger partial charge in [-0.25, -0.2) is 9.18 Å². The zero-order valence-corrected chi connectivity index (χ0v) is 14.9. The Kier molecular flexibility index (Phi) is 6.54. The Morgan fingerprint density at radius 3 is 2.58 bits per heavy atom. The molecule has 26 heavy (non-hydrogen) atoms. The van der Waals surface area contributed by atoms with E-state index in [1.165, 1.54) is 24.3 Å². The Morgan fingerprint density at radius 2 is 1.92 bits per heavy atom. The van der Waals surface area contributed by atoms with E-state index in [9.17, 15) is 18.8 Å². The zero-order valence-electron chi connectivity index (χ0n) is 14.9. The van der Waals surface area contributed by atoms with Gasteiger partial charge in [0.1, 0.15) is 36.9 Å². The topological polar surface area (TPSA) is 84.9 Å². The molecular formula is C18H23FN2O5. The molecule has 7 nitrogen and oxygen atoms in total. The van der Waals surface area contributed by atoms with E-state index >= 15 is 0 Å². The third-order valence-corrected chi connectivity index (χ3v) is 4.09. The first kappa shape index (κ1) is 19.7. The van der Waals surface area contributed by atoms with Crippen LogP contribution in [-0.2, 0) is 14.3 Å².